The molecule has 1 aromatic carbocycles. The summed E-state index contributed by atoms with van der Waals surface area (Å²) in [6, 6.07) is 9.88. The molecule has 1 fully saturated rings. The van der Waals surface area contributed by atoms with Gasteiger partial charge in [-0.05, 0) is 38.5 Å². The summed E-state index contributed by atoms with van der Waals surface area (Å²) in [5.74, 6) is 0.745. The van der Waals surface area contributed by atoms with Crippen LogP contribution in [0.2, 0.25) is 0 Å². The molecule has 0 spiro atoms. The maximum Gasteiger partial charge on any atom is 0.216 e. The average Bonchev–Trinajstić information content (AvgIpc) is 2.54. The highest BCUT2D eigenvalue weighted by Gasteiger charge is 2.30. The molecule has 0 saturated carbocycles. The third kappa shape index (κ3) is 4.29. The van der Waals surface area contributed by atoms with Gasteiger partial charge in [-0.2, -0.15) is 4.31 Å². The molecule has 2 atom stereocenters. The summed E-state index contributed by atoms with van der Waals surface area (Å²) in [5, 5.41) is 4.26. The number of benzene rings is 1. The second kappa shape index (κ2) is 7.27. The van der Waals surface area contributed by atoms with E-state index >= 15 is 0 Å². The first-order chi connectivity index (χ1) is 11.8. The second-order valence-electron chi connectivity index (χ2n) is 6.66. The highest BCUT2D eigenvalue weighted by atomic mass is 32.2. The van der Waals surface area contributed by atoms with Crippen molar-refractivity contribution in [3.05, 3.63) is 35.9 Å². The van der Waals surface area contributed by atoms with E-state index in [0.717, 1.165) is 16.5 Å². The van der Waals surface area contributed by atoms with Gasteiger partial charge in [0.25, 0.3) is 0 Å². The predicted octanol–water partition coefficient (Wildman–Crippen LogP) is 2.39. The number of aryl methyl sites for hydroxylation is 1. The van der Waals surface area contributed by atoms with Gasteiger partial charge in [0.1, 0.15) is 5.82 Å². The fourth-order valence-corrected chi connectivity index (χ4v) is 4.73. The summed E-state index contributed by atoms with van der Waals surface area (Å²) in [7, 11) is -3.31. The Morgan fingerprint density at radius 3 is 2.64 bits per heavy atom. The first-order valence-corrected chi connectivity index (χ1v) is 10.2. The number of ether oxygens (including phenoxy) is 1. The van der Waals surface area contributed by atoms with Crippen LogP contribution in [0.4, 0.5) is 5.82 Å². The van der Waals surface area contributed by atoms with E-state index < -0.39 is 10.0 Å². The van der Waals surface area contributed by atoms with Crippen LogP contribution in [0.5, 0.6) is 0 Å². The van der Waals surface area contributed by atoms with Crippen molar-refractivity contribution in [2.75, 3.05) is 30.7 Å². The van der Waals surface area contributed by atoms with Gasteiger partial charge in [0, 0.05) is 25.0 Å². The summed E-state index contributed by atoms with van der Waals surface area (Å²) in [5.41, 5.74) is 2.02. The quantitative estimate of drug-likeness (QED) is 0.883. The standard InChI is InChI=1S/C18H25N3O3S/c1-13-10-18(20-17-7-5-4-6-16(13)17)19-8-9-25(22,23)21-11-14(2)24-15(3)12-21/h4-7,10,14-15H,8-9,11-12H2,1-3H3,(H,19,20)/t14-,15-/m0/s1. The molecule has 1 aromatic heterocycles. The van der Waals surface area contributed by atoms with Crippen molar-refractivity contribution in [1.82, 2.24) is 9.29 Å². The molecule has 6 nitrogen and oxygen atoms in total. The first-order valence-electron chi connectivity index (χ1n) is 8.59. The lowest BCUT2D eigenvalue weighted by atomic mass is 10.1. The number of anilines is 1. The van der Waals surface area contributed by atoms with Gasteiger partial charge in [0.15, 0.2) is 0 Å². The zero-order valence-electron chi connectivity index (χ0n) is 14.9. The maximum absolute atomic E-state index is 12.6. The van der Waals surface area contributed by atoms with Gasteiger partial charge in [0.2, 0.25) is 10.0 Å². The number of morpholine rings is 1. The van der Waals surface area contributed by atoms with Crippen molar-refractivity contribution in [2.45, 2.75) is 33.0 Å². The molecule has 1 aliphatic heterocycles. The number of hydrogen-bond acceptors (Lipinski definition) is 5. The van der Waals surface area contributed by atoms with E-state index in [0.29, 0.717) is 25.5 Å². The lowest BCUT2D eigenvalue weighted by Gasteiger charge is -2.34. The van der Waals surface area contributed by atoms with Crippen molar-refractivity contribution < 1.29 is 13.2 Å². The summed E-state index contributed by atoms with van der Waals surface area (Å²) in [6.45, 7) is 6.99. The summed E-state index contributed by atoms with van der Waals surface area (Å²) < 4.78 is 32.3. The van der Waals surface area contributed by atoms with Crippen LogP contribution in [-0.2, 0) is 14.8 Å². The third-order valence-corrected chi connectivity index (χ3v) is 6.17. The summed E-state index contributed by atoms with van der Waals surface area (Å²) >= 11 is 0. The number of pyridine rings is 1. The van der Waals surface area contributed by atoms with E-state index in [1.807, 2.05) is 51.1 Å². The van der Waals surface area contributed by atoms with Crippen LogP contribution in [-0.4, -0.2) is 55.3 Å². The first kappa shape index (κ1) is 18.1. The molecule has 1 saturated heterocycles. The van der Waals surface area contributed by atoms with Crippen LogP contribution < -0.4 is 5.32 Å². The van der Waals surface area contributed by atoms with Crippen LogP contribution in [0.25, 0.3) is 10.9 Å². The number of hydrogen-bond donors (Lipinski definition) is 1. The Labute approximate surface area is 149 Å². The molecule has 0 amide bonds. The largest absolute Gasteiger partial charge is 0.373 e. The Morgan fingerprint density at radius 1 is 1.24 bits per heavy atom. The summed E-state index contributed by atoms with van der Waals surface area (Å²) in [4.78, 5) is 4.55. The zero-order chi connectivity index (χ0) is 18.0. The van der Waals surface area contributed by atoms with Gasteiger partial charge >= 0.3 is 0 Å². The Kier molecular flexibility index (Phi) is 5.27. The fraction of sp³-hybridized carbons (Fsp3) is 0.500. The van der Waals surface area contributed by atoms with Crippen LogP contribution >= 0.6 is 0 Å². The SMILES string of the molecule is Cc1cc(NCCS(=O)(=O)N2C[C@H](C)O[C@@H](C)C2)nc2ccccc12. The molecular formula is C18H25N3O3S. The highest BCUT2D eigenvalue weighted by molar-refractivity contribution is 7.89. The number of fused-ring (bicyclic) bond motifs is 1. The number of sulfonamides is 1. The normalized spacial score (nSPS) is 22.2. The maximum atomic E-state index is 12.6. The monoisotopic (exact) mass is 363 g/mol. The lowest BCUT2D eigenvalue weighted by molar-refractivity contribution is -0.0440. The minimum atomic E-state index is -3.31. The number of para-hydroxylation sites is 1. The molecule has 0 bridgehead atoms. The van der Waals surface area contributed by atoms with Crippen molar-refractivity contribution in [1.29, 1.82) is 0 Å². The molecule has 0 unspecified atom stereocenters. The lowest BCUT2D eigenvalue weighted by Crippen LogP contribution is -2.49. The van der Waals surface area contributed by atoms with Gasteiger partial charge < -0.3 is 10.1 Å². The van der Waals surface area contributed by atoms with Crippen molar-refractivity contribution in [2.24, 2.45) is 0 Å². The number of nitrogens with zero attached hydrogens (tertiary/aromatic N) is 2. The van der Waals surface area contributed by atoms with E-state index in [2.05, 4.69) is 10.3 Å². The minimum absolute atomic E-state index is 0.0417. The van der Waals surface area contributed by atoms with E-state index in [-0.39, 0.29) is 18.0 Å². The molecule has 2 aromatic rings. The highest BCUT2D eigenvalue weighted by Crippen LogP contribution is 2.20. The van der Waals surface area contributed by atoms with Crippen LogP contribution in [0.15, 0.2) is 30.3 Å². The molecular weight excluding hydrogens is 338 g/mol. The Hall–Kier alpha value is -1.70. The molecule has 0 aliphatic carbocycles. The molecule has 3 rings (SSSR count). The average molecular weight is 363 g/mol. The second-order valence-corrected chi connectivity index (χ2v) is 8.75. The van der Waals surface area contributed by atoms with Gasteiger partial charge in [0.05, 0.1) is 23.5 Å². The number of rotatable bonds is 5. The van der Waals surface area contributed by atoms with Gasteiger partial charge in [-0.15, -0.1) is 0 Å². The number of aromatic nitrogens is 1. The molecule has 7 heteroatoms. The van der Waals surface area contributed by atoms with Crippen LogP contribution in [0, 0.1) is 6.92 Å². The molecule has 0 radical (unpaired) electrons. The van der Waals surface area contributed by atoms with Crippen molar-refractivity contribution in [3.63, 3.8) is 0 Å². The van der Waals surface area contributed by atoms with E-state index in [1.165, 1.54) is 4.31 Å². The predicted molar refractivity (Wildman–Crippen MR) is 100 cm³/mol. The zero-order valence-corrected chi connectivity index (χ0v) is 15.7. The topological polar surface area (TPSA) is 71.5 Å². The van der Waals surface area contributed by atoms with Crippen LogP contribution in [0.3, 0.4) is 0 Å². The molecule has 2 heterocycles. The van der Waals surface area contributed by atoms with E-state index in [9.17, 15) is 8.42 Å². The Bertz CT molecular complexity index is 844. The van der Waals surface area contributed by atoms with Gasteiger partial charge in [-0.25, -0.2) is 13.4 Å². The molecule has 136 valence electrons. The molecule has 25 heavy (non-hydrogen) atoms. The Morgan fingerprint density at radius 2 is 1.92 bits per heavy atom. The van der Waals surface area contributed by atoms with Gasteiger partial charge in [-0.1, -0.05) is 18.2 Å². The summed E-state index contributed by atoms with van der Waals surface area (Å²) in [6.07, 6.45) is -0.146. The Balaban J connectivity index is 1.64. The molecule has 1 aliphatic rings. The third-order valence-electron chi connectivity index (χ3n) is 4.37. The molecule has 1 N–H and O–H groups in total. The number of nitrogens with one attached hydrogen (secondary N) is 1. The van der Waals surface area contributed by atoms with Crippen molar-refractivity contribution >= 4 is 26.7 Å². The smallest absolute Gasteiger partial charge is 0.216 e. The van der Waals surface area contributed by atoms with Crippen molar-refractivity contribution in [3.8, 4) is 0 Å². The van der Waals surface area contributed by atoms with Crippen LogP contribution in [0.1, 0.15) is 19.4 Å². The minimum Gasteiger partial charge on any atom is -0.373 e. The van der Waals surface area contributed by atoms with E-state index in [1.54, 1.807) is 0 Å². The van der Waals surface area contributed by atoms with Gasteiger partial charge in [-0.3, -0.25) is 0 Å². The fourth-order valence-electron chi connectivity index (χ4n) is 3.24. The van der Waals surface area contributed by atoms with E-state index in [4.69, 9.17) is 4.74 Å².